The van der Waals surface area contributed by atoms with E-state index in [1.165, 1.54) is 31.3 Å². The quantitative estimate of drug-likeness (QED) is 0.732. The zero-order valence-electron chi connectivity index (χ0n) is 13.0. The maximum Gasteiger partial charge on any atom is 0.136 e. The molecule has 2 heteroatoms. The van der Waals surface area contributed by atoms with Crippen molar-refractivity contribution in [1.29, 1.82) is 0 Å². The summed E-state index contributed by atoms with van der Waals surface area (Å²) in [6, 6.07) is 0. The third-order valence-corrected chi connectivity index (χ3v) is 6.85. The van der Waals surface area contributed by atoms with E-state index in [0.29, 0.717) is 24.2 Å². The number of hydrogen-bond donors (Lipinski definition) is 1. The van der Waals surface area contributed by atoms with E-state index in [-0.39, 0.29) is 5.78 Å². The molecule has 0 aromatic rings. The summed E-state index contributed by atoms with van der Waals surface area (Å²) in [7, 11) is 0. The lowest BCUT2D eigenvalue weighted by atomic mass is 9.64. The molecule has 0 spiro atoms. The number of carbonyl (C=O) groups is 1. The van der Waals surface area contributed by atoms with E-state index in [9.17, 15) is 9.90 Å². The summed E-state index contributed by atoms with van der Waals surface area (Å²) in [5.74, 6) is 1.64. The fourth-order valence-corrected chi connectivity index (χ4v) is 5.55. The van der Waals surface area contributed by atoms with Crippen LogP contribution in [0.15, 0.2) is 23.3 Å². The van der Waals surface area contributed by atoms with E-state index in [0.717, 1.165) is 30.8 Å². The van der Waals surface area contributed by atoms with Crippen LogP contribution in [0.5, 0.6) is 0 Å². The molecule has 0 aromatic carbocycles. The van der Waals surface area contributed by atoms with Crippen LogP contribution in [0.3, 0.4) is 0 Å². The van der Waals surface area contributed by atoms with E-state index < -0.39 is 5.60 Å². The topological polar surface area (TPSA) is 37.3 Å². The number of fused-ring (bicyclic) bond motifs is 4. The van der Waals surface area contributed by atoms with E-state index in [1.807, 2.05) is 0 Å². The Hall–Kier alpha value is -0.890. The molecule has 1 N–H and O–H groups in total. The van der Waals surface area contributed by atoms with Gasteiger partial charge in [-0.3, -0.25) is 4.79 Å². The van der Waals surface area contributed by atoms with Crippen LogP contribution in [0.2, 0.25) is 0 Å². The molecular weight excluding hydrogens is 260 g/mol. The molecule has 3 unspecified atom stereocenters. The molecule has 21 heavy (non-hydrogen) atoms. The number of hydrogen-bond acceptors (Lipinski definition) is 2. The summed E-state index contributed by atoms with van der Waals surface area (Å²) < 4.78 is 0. The van der Waals surface area contributed by atoms with Gasteiger partial charge in [0.15, 0.2) is 0 Å². The molecule has 2 fully saturated rings. The van der Waals surface area contributed by atoms with Crippen LogP contribution in [0.1, 0.15) is 64.7 Å². The van der Waals surface area contributed by atoms with E-state index in [2.05, 4.69) is 19.1 Å². The molecule has 0 aromatic heterocycles. The number of Topliss-reactive ketones (excluding diaryl/α,β-unsaturated/α-hetero) is 1. The van der Waals surface area contributed by atoms with Gasteiger partial charge in [-0.2, -0.15) is 0 Å². The lowest BCUT2D eigenvalue weighted by Gasteiger charge is -2.41. The van der Waals surface area contributed by atoms with Crippen LogP contribution in [0, 0.1) is 17.3 Å². The first-order valence-corrected chi connectivity index (χ1v) is 8.65. The Bertz CT molecular complexity index is 544. The van der Waals surface area contributed by atoms with E-state index in [4.69, 9.17) is 0 Å². The van der Waals surface area contributed by atoms with Crippen LogP contribution in [0.4, 0.5) is 0 Å². The van der Waals surface area contributed by atoms with Crippen LogP contribution in [-0.2, 0) is 4.79 Å². The molecule has 0 aliphatic heterocycles. The molecule has 0 radical (unpaired) electrons. The van der Waals surface area contributed by atoms with Gasteiger partial charge in [-0.1, -0.05) is 25.5 Å². The molecule has 4 rings (SSSR count). The zero-order valence-corrected chi connectivity index (χ0v) is 13.0. The third-order valence-electron chi connectivity index (χ3n) is 6.85. The Morgan fingerprint density at radius 1 is 1.24 bits per heavy atom. The normalized spacial score (nSPS) is 45.9. The third kappa shape index (κ3) is 2.06. The number of carbonyl (C=O) groups excluding carboxylic acids is 1. The Kier molecular flexibility index (Phi) is 2.98. The van der Waals surface area contributed by atoms with Crippen LogP contribution in [0.25, 0.3) is 0 Å². The highest BCUT2D eigenvalue weighted by Gasteiger charge is 2.48. The van der Waals surface area contributed by atoms with Gasteiger partial charge < -0.3 is 5.11 Å². The molecule has 4 aliphatic carbocycles. The summed E-state index contributed by atoms with van der Waals surface area (Å²) >= 11 is 0. The highest BCUT2D eigenvalue weighted by Crippen LogP contribution is 2.57. The fourth-order valence-electron chi connectivity index (χ4n) is 5.55. The van der Waals surface area contributed by atoms with Crippen LogP contribution < -0.4 is 0 Å². The SMILES string of the molecule is CC12CC=C3C=C4CCC(=O)C[C@]4(O)CCC3C1CCC2. The second-order valence-corrected chi connectivity index (χ2v) is 8.12. The molecule has 0 bridgehead atoms. The Balaban J connectivity index is 1.70. The van der Waals surface area contributed by atoms with Crippen molar-refractivity contribution in [3.05, 3.63) is 23.3 Å². The molecule has 0 saturated heterocycles. The zero-order chi connectivity index (χ0) is 14.7. The van der Waals surface area contributed by atoms with Crippen molar-refractivity contribution in [2.45, 2.75) is 70.3 Å². The Labute approximate surface area is 127 Å². The Morgan fingerprint density at radius 3 is 2.95 bits per heavy atom. The summed E-state index contributed by atoms with van der Waals surface area (Å²) in [6.07, 6.45) is 13.5. The van der Waals surface area contributed by atoms with Crippen molar-refractivity contribution >= 4 is 5.78 Å². The summed E-state index contributed by atoms with van der Waals surface area (Å²) in [6.45, 7) is 2.46. The predicted molar refractivity (Wildman–Crippen MR) is 82.8 cm³/mol. The van der Waals surface area contributed by atoms with Crippen LogP contribution >= 0.6 is 0 Å². The van der Waals surface area contributed by atoms with Crippen molar-refractivity contribution < 1.29 is 9.90 Å². The number of ketones is 1. The fraction of sp³-hybridized carbons (Fsp3) is 0.737. The minimum Gasteiger partial charge on any atom is -0.385 e. The number of rotatable bonds is 0. The average Bonchev–Trinajstić information content (AvgIpc) is 2.75. The van der Waals surface area contributed by atoms with Gasteiger partial charge in [-0.25, -0.2) is 0 Å². The van der Waals surface area contributed by atoms with Crippen molar-refractivity contribution in [1.82, 2.24) is 0 Å². The molecule has 2 nitrogen and oxygen atoms in total. The second kappa shape index (κ2) is 4.55. The van der Waals surface area contributed by atoms with Gasteiger partial charge >= 0.3 is 0 Å². The van der Waals surface area contributed by atoms with Crippen molar-refractivity contribution in [3.63, 3.8) is 0 Å². The monoisotopic (exact) mass is 286 g/mol. The van der Waals surface area contributed by atoms with E-state index in [1.54, 1.807) is 0 Å². The molecule has 0 amide bonds. The predicted octanol–water partition coefficient (Wildman–Crippen LogP) is 3.94. The standard InChI is InChI=1S/C19H26O2/c1-18-8-2-3-17(18)16-7-10-19(21)12-15(20)5-4-14(19)11-13(16)6-9-18/h6,11,16-17,21H,2-5,7-10,12H2,1H3/t16?,17?,18?,19-/m1/s1. The smallest absolute Gasteiger partial charge is 0.136 e. The highest BCUT2D eigenvalue weighted by atomic mass is 16.3. The molecule has 4 atom stereocenters. The van der Waals surface area contributed by atoms with Crippen molar-refractivity contribution in [3.8, 4) is 0 Å². The first-order valence-electron chi connectivity index (χ1n) is 8.65. The first kappa shape index (κ1) is 13.8. The molecule has 114 valence electrons. The summed E-state index contributed by atoms with van der Waals surface area (Å²) in [5.41, 5.74) is 2.26. The van der Waals surface area contributed by atoms with Gasteiger partial charge in [0, 0.05) is 12.8 Å². The highest BCUT2D eigenvalue weighted by molar-refractivity contribution is 5.82. The summed E-state index contributed by atoms with van der Waals surface area (Å²) in [5, 5.41) is 11.0. The van der Waals surface area contributed by atoms with Gasteiger partial charge in [0.1, 0.15) is 5.78 Å². The lowest BCUT2D eigenvalue weighted by Crippen LogP contribution is -2.38. The second-order valence-electron chi connectivity index (χ2n) is 8.12. The molecule has 0 heterocycles. The molecular formula is C19H26O2. The van der Waals surface area contributed by atoms with Gasteiger partial charge in [-0.05, 0) is 66.9 Å². The summed E-state index contributed by atoms with van der Waals surface area (Å²) in [4.78, 5) is 11.8. The lowest BCUT2D eigenvalue weighted by molar-refractivity contribution is -0.125. The maximum atomic E-state index is 11.8. The van der Waals surface area contributed by atoms with Crippen molar-refractivity contribution in [2.75, 3.05) is 0 Å². The van der Waals surface area contributed by atoms with E-state index >= 15 is 0 Å². The molecule has 2 saturated carbocycles. The largest absolute Gasteiger partial charge is 0.385 e. The van der Waals surface area contributed by atoms with Crippen LogP contribution in [-0.4, -0.2) is 16.5 Å². The number of allylic oxidation sites excluding steroid dienone is 3. The number of aliphatic hydroxyl groups is 1. The molecule has 4 aliphatic rings. The van der Waals surface area contributed by atoms with Gasteiger partial charge in [0.05, 0.1) is 5.60 Å². The van der Waals surface area contributed by atoms with Gasteiger partial charge in [-0.15, -0.1) is 0 Å². The minimum atomic E-state index is -0.831. The average molecular weight is 286 g/mol. The van der Waals surface area contributed by atoms with Crippen molar-refractivity contribution in [2.24, 2.45) is 17.3 Å². The van der Waals surface area contributed by atoms with Gasteiger partial charge in [0.25, 0.3) is 0 Å². The van der Waals surface area contributed by atoms with Gasteiger partial charge in [0.2, 0.25) is 0 Å². The Morgan fingerprint density at radius 2 is 2.10 bits per heavy atom. The first-order chi connectivity index (χ1) is 10.0. The maximum absolute atomic E-state index is 11.8. The minimum absolute atomic E-state index is 0.235.